The molecule has 0 aliphatic heterocycles. The van der Waals surface area contributed by atoms with E-state index in [1.807, 2.05) is 44.4 Å². The molecular weight excluding hydrogens is 427 g/mol. The van der Waals surface area contributed by atoms with Gasteiger partial charge in [0.25, 0.3) is 0 Å². The number of ether oxygens (including phenoxy) is 1. The summed E-state index contributed by atoms with van der Waals surface area (Å²) in [4.78, 5) is 8.91. The molecule has 0 heterocycles. The quantitative estimate of drug-likeness (QED) is 0.237. The normalized spacial score (nSPS) is 11.2. The number of nitrogens with one attached hydrogen (secondary N) is 1. The number of nitrogens with zero attached hydrogens (tertiary/aromatic N) is 3. The third kappa shape index (κ3) is 10.5. The number of hydrogen-bond donors (Lipinski definition) is 1. The highest BCUT2D eigenvalue weighted by molar-refractivity contribution is 14.0. The van der Waals surface area contributed by atoms with Crippen molar-refractivity contribution in [3.63, 3.8) is 0 Å². The lowest BCUT2D eigenvalue weighted by atomic mass is 10.3. The second kappa shape index (κ2) is 15.3. The van der Waals surface area contributed by atoms with Gasteiger partial charge in [-0.2, -0.15) is 0 Å². The van der Waals surface area contributed by atoms with Gasteiger partial charge in [-0.15, -0.1) is 24.0 Å². The molecule has 0 aliphatic rings. The number of para-hydroxylation sites is 1. The van der Waals surface area contributed by atoms with Gasteiger partial charge in [0, 0.05) is 20.6 Å². The molecule has 0 amide bonds. The molecule has 1 rings (SSSR count). The molecule has 25 heavy (non-hydrogen) atoms. The first-order valence-corrected chi connectivity index (χ1v) is 9.03. The Balaban J connectivity index is 0.00000576. The lowest BCUT2D eigenvalue weighted by Gasteiger charge is -2.22. The van der Waals surface area contributed by atoms with Crippen LogP contribution in [0.15, 0.2) is 35.3 Å². The van der Waals surface area contributed by atoms with Crippen molar-refractivity contribution in [2.45, 2.75) is 26.7 Å². The maximum atomic E-state index is 5.74. The molecular formula is C19H35IN4O. The number of likely N-dealkylation sites (N-methyl/N-ethyl adjacent to an activating group) is 1. The zero-order valence-electron chi connectivity index (χ0n) is 16.2. The first-order valence-electron chi connectivity index (χ1n) is 9.03. The van der Waals surface area contributed by atoms with Crippen LogP contribution in [0, 0.1) is 0 Å². The molecule has 0 unspecified atom stereocenters. The molecule has 0 fully saturated rings. The standard InChI is InChI=1S/C19H34N4O.HI/c1-5-23(6-2)15-11-10-14-21-19(20-3)22(4)16-17-24-18-12-8-7-9-13-18;/h7-9,12-13H,5-6,10-11,14-17H2,1-4H3,(H,20,21);1H. The fourth-order valence-electron chi connectivity index (χ4n) is 2.51. The molecule has 5 nitrogen and oxygen atoms in total. The molecule has 0 aromatic heterocycles. The van der Waals surface area contributed by atoms with Crippen molar-refractivity contribution in [3.8, 4) is 5.75 Å². The number of guanidine groups is 1. The first-order chi connectivity index (χ1) is 11.7. The average molecular weight is 462 g/mol. The minimum atomic E-state index is 0. The Morgan fingerprint density at radius 1 is 1.08 bits per heavy atom. The summed E-state index contributed by atoms with van der Waals surface area (Å²) in [5.74, 6) is 1.83. The van der Waals surface area contributed by atoms with Gasteiger partial charge in [-0.25, -0.2) is 0 Å². The van der Waals surface area contributed by atoms with Gasteiger partial charge in [-0.3, -0.25) is 4.99 Å². The van der Waals surface area contributed by atoms with E-state index in [-0.39, 0.29) is 24.0 Å². The van der Waals surface area contributed by atoms with Gasteiger partial charge in [-0.05, 0) is 44.6 Å². The number of unbranched alkanes of at least 4 members (excludes halogenated alkanes) is 1. The van der Waals surface area contributed by atoms with Crippen molar-refractivity contribution < 1.29 is 4.74 Å². The van der Waals surface area contributed by atoms with Crippen LogP contribution < -0.4 is 10.1 Å². The third-order valence-electron chi connectivity index (χ3n) is 4.09. The van der Waals surface area contributed by atoms with Crippen LogP contribution in [0.2, 0.25) is 0 Å². The van der Waals surface area contributed by atoms with Crippen LogP contribution in [0.4, 0.5) is 0 Å². The van der Waals surface area contributed by atoms with Gasteiger partial charge in [0.05, 0.1) is 6.54 Å². The fourth-order valence-corrected chi connectivity index (χ4v) is 2.51. The van der Waals surface area contributed by atoms with Gasteiger partial charge in [-0.1, -0.05) is 32.0 Å². The number of benzene rings is 1. The van der Waals surface area contributed by atoms with Gasteiger partial charge < -0.3 is 19.9 Å². The van der Waals surface area contributed by atoms with Crippen molar-refractivity contribution in [1.29, 1.82) is 0 Å². The molecule has 0 saturated heterocycles. The van der Waals surface area contributed by atoms with Crippen LogP contribution in [0.1, 0.15) is 26.7 Å². The molecule has 0 spiro atoms. The largest absolute Gasteiger partial charge is 0.492 e. The van der Waals surface area contributed by atoms with Crippen LogP contribution in [-0.4, -0.2) is 69.2 Å². The van der Waals surface area contributed by atoms with Crippen molar-refractivity contribution >= 4 is 29.9 Å². The van der Waals surface area contributed by atoms with E-state index in [1.54, 1.807) is 0 Å². The fraction of sp³-hybridized carbons (Fsp3) is 0.632. The Morgan fingerprint density at radius 3 is 2.36 bits per heavy atom. The summed E-state index contributed by atoms with van der Waals surface area (Å²) in [5, 5.41) is 3.43. The monoisotopic (exact) mass is 462 g/mol. The summed E-state index contributed by atoms with van der Waals surface area (Å²) in [7, 11) is 3.87. The van der Waals surface area contributed by atoms with E-state index in [0.717, 1.165) is 44.3 Å². The lowest BCUT2D eigenvalue weighted by Crippen LogP contribution is -2.41. The molecule has 0 atom stereocenters. The maximum Gasteiger partial charge on any atom is 0.193 e. The minimum absolute atomic E-state index is 0. The average Bonchev–Trinajstić information content (AvgIpc) is 2.62. The minimum Gasteiger partial charge on any atom is -0.492 e. The molecule has 1 aromatic rings. The van der Waals surface area contributed by atoms with Crippen LogP contribution in [0.25, 0.3) is 0 Å². The van der Waals surface area contributed by atoms with E-state index in [0.29, 0.717) is 6.61 Å². The van der Waals surface area contributed by atoms with Crippen LogP contribution in [0.5, 0.6) is 5.75 Å². The Kier molecular flexibility index (Phi) is 14.6. The zero-order valence-corrected chi connectivity index (χ0v) is 18.5. The topological polar surface area (TPSA) is 40.1 Å². The Hall–Kier alpha value is -1.02. The van der Waals surface area contributed by atoms with E-state index < -0.39 is 0 Å². The Bertz CT molecular complexity index is 452. The smallest absolute Gasteiger partial charge is 0.193 e. The number of rotatable bonds is 11. The van der Waals surface area contributed by atoms with Crippen molar-refractivity contribution in [1.82, 2.24) is 15.1 Å². The van der Waals surface area contributed by atoms with E-state index in [2.05, 4.69) is 34.0 Å². The Morgan fingerprint density at radius 2 is 1.76 bits per heavy atom. The molecule has 6 heteroatoms. The highest BCUT2D eigenvalue weighted by atomic mass is 127. The highest BCUT2D eigenvalue weighted by Crippen LogP contribution is 2.07. The third-order valence-corrected chi connectivity index (χ3v) is 4.09. The van der Waals surface area contributed by atoms with Gasteiger partial charge in [0.1, 0.15) is 12.4 Å². The summed E-state index contributed by atoms with van der Waals surface area (Å²) >= 11 is 0. The van der Waals surface area contributed by atoms with Crippen molar-refractivity contribution in [2.24, 2.45) is 4.99 Å². The summed E-state index contributed by atoms with van der Waals surface area (Å²) < 4.78 is 5.74. The Labute approximate surface area is 170 Å². The van der Waals surface area contributed by atoms with Crippen molar-refractivity contribution in [3.05, 3.63) is 30.3 Å². The molecule has 0 radical (unpaired) electrons. The SMILES string of the molecule is CCN(CC)CCCCNC(=NC)N(C)CCOc1ccccc1.I. The summed E-state index contributed by atoms with van der Waals surface area (Å²) in [6, 6.07) is 9.91. The van der Waals surface area contributed by atoms with Gasteiger partial charge in [0.15, 0.2) is 5.96 Å². The highest BCUT2D eigenvalue weighted by Gasteiger charge is 2.05. The van der Waals surface area contributed by atoms with E-state index in [4.69, 9.17) is 4.74 Å². The van der Waals surface area contributed by atoms with Crippen LogP contribution >= 0.6 is 24.0 Å². The van der Waals surface area contributed by atoms with Crippen LogP contribution in [-0.2, 0) is 0 Å². The predicted molar refractivity (Wildman–Crippen MR) is 118 cm³/mol. The van der Waals surface area contributed by atoms with Gasteiger partial charge in [0.2, 0.25) is 0 Å². The number of aliphatic imine (C=N–C) groups is 1. The molecule has 1 aromatic carbocycles. The zero-order chi connectivity index (χ0) is 17.6. The maximum absolute atomic E-state index is 5.74. The lowest BCUT2D eigenvalue weighted by molar-refractivity contribution is 0.280. The second-order valence-electron chi connectivity index (χ2n) is 5.79. The van der Waals surface area contributed by atoms with Gasteiger partial charge >= 0.3 is 0 Å². The van der Waals surface area contributed by atoms with E-state index in [1.165, 1.54) is 13.0 Å². The number of hydrogen-bond acceptors (Lipinski definition) is 3. The summed E-state index contributed by atoms with van der Waals surface area (Å²) in [5.41, 5.74) is 0. The van der Waals surface area contributed by atoms with Crippen LogP contribution in [0.3, 0.4) is 0 Å². The molecule has 144 valence electrons. The van der Waals surface area contributed by atoms with E-state index in [9.17, 15) is 0 Å². The molecule has 1 N–H and O–H groups in total. The molecule has 0 saturated carbocycles. The van der Waals surface area contributed by atoms with Crippen molar-refractivity contribution in [2.75, 3.05) is 53.4 Å². The second-order valence-corrected chi connectivity index (χ2v) is 5.79. The molecule has 0 aliphatic carbocycles. The number of halogens is 1. The molecule has 0 bridgehead atoms. The summed E-state index contributed by atoms with van der Waals surface area (Å²) in [6.45, 7) is 10.3. The summed E-state index contributed by atoms with van der Waals surface area (Å²) in [6.07, 6.45) is 2.37. The van der Waals surface area contributed by atoms with E-state index >= 15 is 0 Å². The first kappa shape index (κ1) is 24.0. The predicted octanol–water partition coefficient (Wildman–Crippen LogP) is 3.31.